The maximum Gasteiger partial charge on any atom is 0.276 e. The lowest BCUT2D eigenvalue weighted by Crippen LogP contribution is -2.16. The first-order chi connectivity index (χ1) is 7.68. The highest BCUT2D eigenvalue weighted by molar-refractivity contribution is 5.58. The van der Waals surface area contributed by atoms with Crippen LogP contribution in [0.4, 0.5) is 11.5 Å². The molecule has 0 radical (unpaired) electrons. The van der Waals surface area contributed by atoms with Gasteiger partial charge in [0.1, 0.15) is 11.5 Å². The summed E-state index contributed by atoms with van der Waals surface area (Å²) in [6, 6.07) is 0. The van der Waals surface area contributed by atoms with Crippen LogP contribution in [0.15, 0.2) is 23.5 Å². The predicted molar refractivity (Wildman–Crippen MR) is 59.8 cm³/mol. The van der Waals surface area contributed by atoms with Gasteiger partial charge in [0.05, 0.1) is 12.9 Å². The summed E-state index contributed by atoms with van der Waals surface area (Å²) in [5.41, 5.74) is 5.29. The average molecular weight is 220 g/mol. The van der Waals surface area contributed by atoms with Crippen molar-refractivity contribution in [2.75, 3.05) is 11.1 Å². The van der Waals surface area contributed by atoms with E-state index in [1.807, 2.05) is 17.8 Å². The Balaban J connectivity index is 2.14. The Morgan fingerprint density at radius 2 is 2.38 bits per heavy atom. The molecule has 84 valence electrons. The first-order valence-electron chi connectivity index (χ1n) is 4.71. The summed E-state index contributed by atoms with van der Waals surface area (Å²) in [6.45, 7) is 0.462. The van der Waals surface area contributed by atoms with Gasteiger partial charge < -0.3 is 20.6 Å². The third-order valence-corrected chi connectivity index (χ3v) is 2.22. The molecule has 2 aromatic heterocycles. The summed E-state index contributed by atoms with van der Waals surface area (Å²) >= 11 is 0. The fourth-order valence-electron chi connectivity index (χ4n) is 1.28. The molecule has 16 heavy (non-hydrogen) atoms. The van der Waals surface area contributed by atoms with E-state index in [0.29, 0.717) is 12.4 Å². The number of nitrogens with two attached hydrogens (primary N) is 1. The molecule has 0 unspecified atom stereocenters. The number of anilines is 2. The normalized spacial score (nSPS) is 10.3. The van der Waals surface area contributed by atoms with Crippen LogP contribution in [0.5, 0.6) is 0 Å². The van der Waals surface area contributed by atoms with Crippen molar-refractivity contribution in [3.05, 3.63) is 34.9 Å². The first-order valence-corrected chi connectivity index (χ1v) is 4.71. The highest BCUT2D eigenvalue weighted by Crippen LogP contribution is 2.08. The molecule has 0 aliphatic carbocycles. The summed E-state index contributed by atoms with van der Waals surface area (Å²) in [7, 11) is 1.89. The van der Waals surface area contributed by atoms with Gasteiger partial charge in [-0.2, -0.15) is 0 Å². The first kappa shape index (κ1) is 10.2. The minimum Gasteiger partial charge on any atom is -0.391 e. The molecule has 0 amide bonds. The molecular weight excluding hydrogens is 208 g/mol. The Morgan fingerprint density at radius 1 is 1.56 bits per heavy atom. The second-order valence-electron chi connectivity index (χ2n) is 3.30. The molecule has 7 heteroatoms. The number of aryl methyl sites for hydroxylation is 1. The van der Waals surface area contributed by atoms with Crippen molar-refractivity contribution in [2.45, 2.75) is 6.54 Å². The van der Waals surface area contributed by atoms with Gasteiger partial charge in [-0.1, -0.05) is 0 Å². The summed E-state index contributed by atoms with van der Waals surface area (Å²) < 4.78 is 1.87. The Labute approximate surface area is 91.3 Å². The van der Waals surface area contributed by atoms with Crippen LogP contribution in [0.1, 0.15) is 5.82 Å². The Kier molecular flexibility index (Phi) is 2.59. The van der Waals surface area contributed by atoms with Crippen LogP contribution in [-0.4, -0.2) is 19.5 Å². The van der Waals surface area contributed by atoms with Gasteiger partial charge in [-0.3, -0.25) is 4.79 Å². The largest absolute Gasteiger partial charge is 0.391 e. The molecular formula is C9H12N6O. The van der Waals surface area contributed by atoms with Crippen LogP contribution in [0.25, 0.3) is 0 Å². The number of nitrogen functional groups attached to an aromatic ring is 1. The van der Waals surface area contributed by atoms with Crippen molar-refractivity contribution in [1.29, 1.82) is 0 Å². The lowest BCUT2D eigenvalue weighted by atomic mass is 10.4. The van der Waals surface area contributed by atoms with E-state index in [9.17, 15) is 4.79 Å². The lowest BCUT2D eigenvalue weighted by molar-refractivity contribution is 0.810. The van der Waals surface area contributed by atoms with Gasteiger partial charge in [0, 0.05) is 19.4 Å². The molecule has 7 nitrogen and oxygen atoms in total. The van der Waals surface area contributed by atoms with Crippen LogP contribution >= 0.6 is 0 Å². The molecule has 0 spiro atoms. The van der Waals surface area contributed by atoms with Crippen molar-refractivity contribution < 1.29 is 0 Å². The number of aromatic nitrogens is 4. The van der Waals surface area contributed by atoms with E-state index >= 15 is 0 Å². The maximum absolute atomic E-state index is 11.2. The Hall–Kier alpha value is -2.31. The van der Waals surface area contributed by atoms with Gasteiger partial charge >= 0.3 is 0 Å². The number of imidazole rings is 1. The van der Waals surface area contributed by atoms with Gasteiger partial charge in [-0.05, 0) is 0 Å². The summed E-state index contributed by atoms with van der Waals surface area (Å²) in [6.07, 6.45) is 4.84. The molecule has 4 N–H and O–H groups in total. The summed E-state index contributed by atoms with van der Waals surface area (Å²) in [5.74, 6) is 1.20. The van der Waals surface area contributed by atoms with E-state index in [4.69, 9.17) is 5.73 Å². The molecule has 2 aromatic rings. The molecule has 2 rings (SSSR count). The fraction of sp³-hybridized carbons (Fsp3) is 0.222. The topological polar surface area (TPSA) is 102 Å². The number of nitrogens with zero attached hydrogens (tertiary/aromatic N) is 3. The third kappa shape index (κ3) is 1.88. The lowest BCUT2D eigenvalue weighted by Gasteiger charge is -2.06. The van der Waals surface area contributed by atoms with Gasteiger partial charge in [0.15, 0.2) is 5.82 Å². The number of nitrogens with one attached hydrogen (secondary N) is 2. The van der Waals surface area contributed by atoms with E-state index in [1.54, 1.807) is 6.20 Å². The van der Waals surface area contributed by atoms with Gasteiger partial charge in [0.2, 0.25) is 0 Å². The van der Waals surface area contributed by atoms with E-state index in [1.165, 1.54) is 6.33 Å². The highest BCUT2D eigenvalue weighted by Gasteiger charge is 2.05. The van der Waals surface area contributed by atoms with Crippen molar-refractivity contribution >= 4 is 11.5 Å². The van der Waals surface area contributed by atoms with Gasteiger partial charge in [-0.15, -0.1) is 0 Å². The van der Waals surface area contributed by atoms with E-state index < -0.39 is 0 Å². The Bertz CT molecular complexity index is 543. The van der Waals surface area contributed by atoms with Crippen molar-refractivity contribution in [1.82, 2.24) is 19.5 Å². The molecule has 0 atom stereocenters. The van der Waals surface area contributed by atoms with Crippen molar-refractivity contribution in [2.24, 2.45) is 7.05 Å². The SMILES string of the molecule is Cn1ccnc1CNc1nc[nH]c(=O)c1N. The zero-order valence-electron chi connectivity index (χ0n) is 8.77. The number of H-pyrrole nitrogens is 1. The van der Waals surface area contributed by atoms with Crippen LogP contribution in [-0.2, 0) is 13.6 Å². The predicted octanol–water partition coefficient (Wildman–Crippen LogP) is -0.302. The molecule has 0 saturated heterocycles. The third-order valence-electron chi connectivity index (χ3n) is 2.22. The fourth-order valence-corrected chi connectivity index (χ4v) is 1.28. The van der Waals surface area contributed by atoms with Gasteiger partial charge in [0.25, 0.3) is 5.56 Å². The molecule has 2 heterocycles. The quantitative estimate of drug-likeness (QED) is 0.659. The zero-order valence-corrected chi connectivity index (χ0v) is 8.77. The van der Waals surface area contributed by atoms with Crippen molar-refractivity contribution in [3.63, 3.8) is 0 Å². The second kappa shape index (κ2) is 4.05. The molecule has 0 aromatic carbocycles. The number of aromatic amines is 1. The zero-order chi connectivity index (χ0) is 11.5. The molecule has 0 aliphatic rings. The summed E-state index contributed by atoms with van der Waals surface area (Å²) in [4.78, 5) is 21.6. The second-order valence-corrected chi connectivity index (χ2v) is 3.30. The van der Waals surface area contributed by atoms with E-state index in [-0.39, 0.29) is 11.2 Å². The molecule has 0 saturated carbocycles. The van der Waals surface area contributed by atoms with E-state index in [0.717, 1.165) is 5.82 Å². The van der Waals surface area contributed by atoms with Gasteiger partial charge in [-0.25, -0.2) is 9.97 Å². The number of hydrogen-bond acceptors (Lipinski definition) is 5. The Morgan fingerprint density at radius 3 is 3.06 bits per heavy atom. The standard InChI is InChI=1S/C9H12N6O/c1-15-3-2-11-6(15)4-12-8-7(10)9(16)14-5-13-8/h2-3,5H,4,10H2,1H3,(H2,12,13,14,16). The maximum atomic E-state index is 11.2. The minimum absolute atomic E-state index is 0.0803. The van der Waals surface area contributed by atoms with E-state index in [2.05, 4.69) is 20.3 Å². The van der Waals surface area contributed by atoms with Crippen LogP contribution < -0.4 is 16.6 Å². The monoisotopic (exact) mass is 220 g/mol. The highest BCUT2D eigenvalue weighted by atomic mass is 16.1. The van der Waals surface area contributed by atoms with Crippen LogP contribution in [0.3, 0.4) is 0 Å². The van der Waals surface area contributed by atoms with Crippen LogP contribution in [0, 0.1) is 0 Å². The van der Waals surface area contributed by atoms with Crippen LogP contribution in [0.2, 0.25) is 0 Å². The molecule has 0 aliphatic heterocycles. The summed E-state index contributed by atoms with van der Waals surface area (Å²) in [5, 5.41) is 2.96. The number of hydrogen-bond donors (Lipinski definition) is 3. The number of rotatable bonds is 3. The van der Waals surface area contributed by atoms with Crippen molar-refractivity contribution in [3.8, 4) is 0 Å². The average Bonchev–Trinajstić information content (AvgIpc) is 2.67. The minimum atomic E-state index is -0.350. The molecule has 0 bridgehead atoms. The smallest absolute Gasteiger partial charge is 0.276 e. The molecule has 0 fully saturated rings.